The molecular weight excluding hydrogens is 424 g/mol. The van der Waals surface area contributed by atoms with E-state index in [0.717, 1.165) is 55.3 Å². The Morgan fingerprint density at radius 3 is 2.82 bits per heavy atom. The minimum Gasteiger partial charge on any atom is -0.368 e. The van der Waals surface area contributed by atoms with Crippen LogP contribution in [-0.2, 0) is 13.1 Å². The van der Waals surface area contributed by atoms with Gasteiger partial charge in [0.25, 0.3) is 0 Å². The lowest BCUT2D eigenvalue weighted by atomic mass is 10.0. The van der Waals surface area contributed by atoms with Crippen LogP contribution in [0.2, 0.25) is 0 Å². The number of anilines is 1. The minimum atomic E-state index is -0.106. The summed E-state index contributed by atoms with van der Waals surface area (Å²) in [6.45, 7) is 18.0. The van der Waals surface area contributed by atoms with Crippen molar-refractivity contribution < 1.29 is 0 Å². The Morgan fingerprint density at radius 2 is 2.15 bits per heavy atom. The largest absolute Gasteiger partial charge is 0.368 e. The summed E-state index contributed by atoms with van der Waals surface area (Å²) in [7, 11) is 0. The SMILES string of the molecule is C=C/C(=C\C(=C/C(C)C)Nc1ncc2c(n1)CN(C1CN(C(=C)c3cc[nH]c(=O)c3)C1)C2)CC. The van der Waals surface area contributed by atoms with Crippen molar-refractivity contribution in [2.75, 3.05) is 18.4 Å². The van der Waals surface area contributed by atoms with Gasteiger partial charge in [0.15, 0.2) is 0 Å². The summed E-state index contributed by atoms with van der Waals surface area (Å²) in [6, 6.07) is 3.92. The quantitative estimate of drug-likeness (QED) is 0.546. The van der Waals surface area contributed by atoms with E-state index in [9.17, 15) is 4.79 Å². The Balaban J connectivity index is 1.39. The smallest absolute Gasteiger partial charge is 0.248 e. The Labute approximate surface area is 201 Å². The highest BCUT2D eigenvalue weighted by Crippen LogP contribution is 2.30. The zero-order chi connectivity index (χ0) is 24.2. The van der Waals surface area contributed by atoms with Gasteiger partial charge in [-0.25, -0.2) is 9.97 Å². The van der Waals surface area contributed by atoms with Crippen LogP contribution in [0.1, 0.15) is 44.0 Å². The number of fused-ring (bicyclic) bond motifs is 1. The van der Waals surface area contributed by atoms with Gasteiger partial charge in [0, 0.05) is 73.2 Å². The molecule has 0 bridgehead atoms. The maximum atomic E-state index is 11.6. The van der Waals surface area contributed by atoms with Gasteiger partial charge in [-0.1, -0.05) is 46.1 Å². The Kier molecular flexibility index (Phi) is 7.12. The van der Waals surface area contributed by atoms with E-state index in [4.69, 9.17) is 4.98 Å². The molecule has 0 aromatic carbocycles. The summed E-state index contributed by atoms with van der Waals surface area (Å²) >= 11 is 0. The number of aromatic amines is 1. The van der Waals surface area contributed by atoms with Crippen LogP contribution in [0, 0.1) is 5.92 Å². The number of aromatic nitrogens is 3. The highest BCUT2D eigenvalue weighted by atomic mass is 16.1. The normalized spacial score (nSPS) is 17.0. The third kappa shape index (κ3) is 5.37. The van der Waals surface area contributed by atoms with Gasteiger partial charge in [-0.2, -0.15) is 0 Å². The number of likely N-dealkylation sites (tertiary alicyclic amines) is 1. The Morgan fingerprint density at radius 1 is 1.35 bits per heavy atom. The maximum absolute atomic E-state index is 11.6. The third-order valence-corrected chi connectivity index (χ3v) is 6.33. The van der Waals surface area contributed by atoms with Gasteiger partial charge < -0.3 is 15.2 Å². The van der Waals surface area contributed by atoms with Crippen LogP contribution >= 0.6 is 0 Å². The zero-order valence-corrected chi connectivity index (χ0v) is 20.3. The average Bonchev–Trinajstić information content (AvgIpc) is 3.18. The lowest BCUT2D eigenvalue weighted by Gasteiger charge is -2.46. The van der Waals surface area contributed by atoms with E-state index in [0.29, 0.717) is 17.9 Å². The molecule has 2 aliphatic rings. The molecule has 2 aromatic heterocycles. The van der Waals surface area contributed by atoms with Crippen LogP contribution < -0.4 is 10.9 Å². The fraction of sp³-hybridized carbons (Fsp3) is 0.370. The van der Waals surface area contributed by atoms with E-state index in [-0.39, 0.29) is 5.56 Å². The monoisotopic (exact) mass is 458 g/mol. The van der Waals surface area contributed by atoms with Crippen LogP contribution in [0.3, 0.4) is 0 Å². The topological polar surface area (TPSA) is 77.2 Å². The first-order chi connectivity index (χ1) is 16.4. The number of nitrogens with zero attached hydrogens (tertiary/aromatic N) is 4. The molecule has 0 amide bonds. The fourth-order valence-electron chi connectivity index (χ4n) is 4.33. The second-order valence-corrected chi connectivity index (χ2v) is 9.29. The summed E-state index contributed by atoms with van der Waals surface area (Å²) in [5.74, 6) is 1.03. The number of hydrogen-bond acceptors (Lipinski definition) is 6. The molecule has 2 aromatic rings. The first-order valence-corrected chi connectivity index (χ1v) is 11.9. The van der Waals surface area contributed by atoms with E-state index >= 15 is 0 Å². The second-order valence-electron chi connectivity index (χ2n) is 9.29. The predicted molar refractivity (Wildman–Crippen MR) is 138 cm³/mol. The molecule has 0 spiro atoms. The van der Waals surface area contributed by atoms with Crippen LogP contribution in [0.4, 0.5) is 5.95 Å². The van der Waals surface area contributed by atoms with Gasteiger partial charge in [-0.3, -0.25) is 9.69 Å². The molecule has 0 unspecified atom stereocenters. The summed E-state index contributed by atoms with van der Waals surface area (Å²) in [6.07, 6.45) is 10.7. The lowest BCUT2D eigenvalue weighted by Crippen LogP contribution is -2.56. The molecule has 4 heterocycles. The highest BCUT2D eigenvalue weighted by molar-refractivity contribution is 5.62. The molecular formula is C27H34N6O. The molecule has 1 fully saturated rings. The third-order valence-electron chi connectivity index (χ3n) is 6.33. The maximum Gasteiger partial charge on any atom is 0.248 e. The summed E-state index contributed by atoms with van der Waals surface area (Å²) in [5.41, 5.74) is 6.09. The Bertz CT molecular complexity index is 1190. The minimum absolute atomic E-state index is 0.106. The molecule has 0 radical (unpaired) electrons. The van der Waals surface area contributed by atoms with Crippen molar-refractivity contribution in [2.24, 2.45) is 5.92 Å². The standard InChI is InChI=1S/C27H34N6O/c1-6-20(7-2)11-23(10-18(3)4)30-27-29-13-22-14-33(17-25(22)31-27)24-15-32(16-24)19(5)21-8-9-28-26(34)12-21/h6,8-13,18,24H,1,5,7,14-17H2,2-4H3,(H,28,34)(H,29,30,31)/b20-11+,23-10+. The van der Waals surface area contributed by atoms with Gasteiger partial charge >= 0.3 is 0 Å². The summed E-state index contributed by atoms with van der Waals surface area (Å²) in [4.78, 5) is 28.3. The fourth-order valence-corrected chi connectivity index (χ4v) is 4.33. The van der Waals surface area contributed by atoms with Crippen molar-refractivity contribution in [3.63, 3.8) is 0 Å². The van der Waals surface area contributed by atoms with E-state index in [1.54, 1.807) is 12.3 Å². The molecule has 7 heteroatoms. The lowest BCUT2D eigenvalue weighted by molar-refractivity contribution is 0.0712. The van der Waals surface area contributed by atoms with E-state index in [2.05, 4.69) is 71.2 Å². The van der Waals surface area contributed by atoms with Gasteiger partial charge in [-0.15, -0.1) is 0 Å². The number of pyridine rings is 1. The molecule has 0 aliphatic carbocycles. The molecule has 2 N–H and O–H groups in total. The molecule has 4 rings (SSSR count). The summed E-state index contributed by atoms with van der Waals surface area (Å²) in [5, 5.41) is 3.40. The predicted octanol–water partition coefficient (Wildman–Crippen LogP) is 4.31. The van der Waals surface area contributed by atoms with Crippen LogP contribution in [0.5, 0.6) is 0 Å². The first-order valence-electron chi connectivity index (χ1n) is 11.9. The zero-order valence-electron chi connectivity index (χ0n) is 20.3. The van der Waals surface area contributed by atoms with Crippen molar-refractivity contribution in [1.82, 2.24) is 24.8 Å². The van der Waals surface area contributed by atoms with Crippen LogP contribution in [0.15, 0.2) is 72.0 Å². The van der Waals surface area contributed by atoms with Gasteiger partial charge in [0.2, 0.25) is 11.5 Å². The number of rotatable bonds is 9. The molecule has 1 saturated heterocycles. The number of allylic oxidation sites excluding steroid dienone is 4. The van der Waals surface area contributed by atoms with Gasteiger partial charge in [0.1, 0.15) is 0 Å². The number of H-pyrrole nitrogens is 1. The van der Waals surface area contributed by atoms with Crippen molar-refractivity contribution in [3.8, 4) is 0 Å². The Hall–Kier alpha value is -3.45. The second kappa shape index (κ2) is 10.2. The molecule has 0 atom stereocenters. The summed E-state index contributed by atoms with van der Waals surface area (Å²) < 4.78 is 0. The van der Waals surface area contributed by atoms with Crippen LogP contribution in [-0.4, -0.2) is 43.9 Å². The van der Waals surface area contributed by atoms with Gasteiger partial charge in [0.05, 0.1) is 5.69 Å². The van der Waals surface area contributed by atoms with Crippen molar-refractivity contribution >= 4 is 11.6 Å². The van der Waals surface area contributed by atoms with Gasteiger partial charge in [-0.05, 0) is 30.1 Å². The van der Waals surface area contributed by atoms with E-state index < -0.39 is 0 Å². The molecule has 7 nitrogen and oxygen atoms in total. The number of hydrogen-bond donors (Lipinski definition) is 2. The van der Waals surface area contributed by atoms with Crippen molar-refractivity contribution in [2.45, 2.75) is 46.3 Å². The van der Waals surface area contributed by atoms with E-state index in [1.807, 2.05) is 18.3 Å². The molecule has 0 saturated carbocycles. The average molecular weight is 459 g/mol. The van der Waals surface area contributed by atoms with Crippen molar-refractivity contribution in [1.29, 1.82) is 0 Å². The van der Waals surface area contributed by atoms with Crippen molar-refractivity contribution in [3.05, 3.63) is 94.4 Å². The van der Waals surface area contributed by atoms with Crippen LogP contribution in [0.25, 0.3) is 5.70 Å². The first kappa shape index (κ1) is 23.7. The van der Waals surface area contributed by atoms with E-state index in [1.165, 1.54) is 11.1 Å². The molecule has 34 heavy (non-hydrogen) atoms. The number of nitrogens with one attached hydrogen (secondary N) is 2. The highest BCUT2D eigenvalue weighted by Gasteiger charge is 2.36. The molecule has 2 aliphatic heterocycles. The molecule has 178 valence electrons.